The number of nitrogens with one attached hydrogen (secondary N) is 1. The second-order valence-corrected chi connectivity index (χ2v) is 9.87. The maximum absolute atomic E-state index is 5.91. The van der Waals surface area contributed by atoms with E-state index in [0.717, 1.165) is 16.6 Å². The molecule has 1 fully saturated rings. The van der Waals surface area contributed by atoms with Crippen LogP contribution in [0.4, 0.5) is 0 Å². The van der Waals surface area contributed by atoms with Crippen molar-refractivity contribution in [2.24, 2.45) is 0 Å². The van der Waals surface area contributed by atoms with E-state index in [0.29, 0.717) is 6.54 Å². The predicted molar refractivity (Wildman–Crippen MR) is 149 cm³/mol. The van der Waals surface area contributed by atoms with Crippen LogP contribution in [0.3, 0.4) is 0 Å². The molecule has 1 aliphatic rings. The Hall–Kier alpha value is -3.64. The van der Waals surface area contributed by atoms with E-state index in [1.54, 1.807) is 7.11 Å². The average molecular weight is 497 g/mol. The molecule has 1 saturated heterocycles. The molecule has 4 aromatic rings. The van der Waals surface area contributed by atoms with Crippen molar-refractivity contribution >= 4 is 17.3 Å². The van der Waals surface area contributed by atoms with Crippen LogP contribution in [0.2, 0.25) is 0 Å². The zero-order valence-corrected chi connectivity index (χ0v) is 22.3. The first-order valence-corrected chi connectivity index (χ1v) is 12.7. The predicted octanol–water partition coefficient (Wildman–Crippen LogP) is 6.29. The van der Waals surface area contributed by atoms with Crippen LogP contribution in [0, 0.1) is 27.7 Å². The van der Waals surface area contributed by atoms with Crippen molar-refractivity contribution < 1.29 is 4.74 Å². The van der Waals surface area contributed by atoms with Gasteiger partial charge in [-0.3, -0.25) is 4.98 Å². The molecule has 36 heavy (non-hydrogen) atoms. The maximum atomic E-state index is 5.91. The minimum Gasteiger partial charge on any atom is -0.497 e. The van der Waals surface area contributed by atoms with Gasteiger partial charge in [-0.1, -0.05) is 30.3 Å². The van der Waals surface area contributed by atoms with Crippen LogP contribution in [0.1, 0.15) is 51.4 Å². The molecule has 0 radical (unpaired) electrons. The number of benzene rings is 2. The van der Waals surface area contributed by atoms with Crippen LogP contribution in [-0.4, -0.2) is 26.7 Å². The second-order valence-electron chi connectivity index (χ2n) is 9.48. The first-order chi connectivity index (χ1) is 17.4. The molecule has 1 N–H and O–H groups in total. The standard InChI is InChI=1S/C30H32N4OS/c1-19-9-8-11-27(21(19)3)34-20(2)17-25(22(34)4)29-28(26-10-6-7-16-31-26)32-30(36)33(29)18-23-12-14-24(35-5)15-13-23/h6-17,28-29H,18H2,1-5H3,(H,32,36)/t28-,29-/m1/s1. The van der Waals surface area contributed by atoms with Crippen molar-refractivity contribution in [2.75, 3.05) is 7.11 Å². The minimum atomic E-state index is -0.0514. The zero-order valence-electron chi connectivity index (χ0n) is 21.4. The van der Waals surface area contributed by atoms with E-state index >= 15 is 0 Å². The Morgan fingerprint density at radius 1 is 0.972 bits per heavy atom. The van der Waals surface area contributed by atoms with Crippen LogP contribution >= 0.6 is 12.2 Å². The number of aryl methyl sites for hydroxylation is 2. The van der Waals surface area contributed by atoms with Gasteiger partial charge in [0.2, 0.25) is 0 Å². The summed E-state index contributed by atoms with van der Waals surface area (Å²) in [5.41, 5.74) is 9.65. The molecule has 3 heterocycles. The Bertz CT molecular complexity index is 1390. The summed E-state index contributed by atoms with van der Waals surface area (Å²) in [6.07, 6.45) is 1.85. The number of nitrogens with zero attached hydrogens (tertiary/aromatic N) is 3. The third-order valence-corrected chi connectivity index (χ3v) is 7.67. The van der Waals surface area contributed by atoms with Crippen LogP contribution in [0.15, 0.2) is 72.9 Å². The normalized spacial score (nSPS) is 17.4. The van der Waals surface area contributed by atoms with Crippen LogP contribution in [-0.2, 0) is 6.54 Å². The smallest absolute Gasteiger partial charge is 0.170 e. The summed E-state index contributed by atoms with van der Waals surface area (Å²) < 4.78 is 7.73. The Morgan fingerprint density at radius 2 is 1.75 bits per heavy atom. The molecule has 0 unspecified atom stereocenters. The average Bonchev–Trinajstić information content (AvgIpc) is 3.36. The molecule has 6 heteroatoms. The summed E-state index contributed by atoms with van der Waals surface area (Å²) in [7, 11) is 1.69. The van der Waals surface area contributed by atoms with Crippen molar-refractivity contribution in [1.82, 2.24) is 19.8 Å². The fourth-order valence-corrected chi connectivity index (χ4v) is 5.58. The first kappa shape index (κ1) is 24.1. The van der Waals surface area contributed by atoms with Crippen LogP contribution in [0.25, 0.3) is 5.69 Å². The summed E-state index contributed by atoms with van der Waals surface area (Å²) in [5, 5.41) is 4.33. The van der Waals surface area contributed by atoms with Gasteiger partial charge in [0.1, 0.15) is 5.75 Å². The van der Waals surface area contributed by atoms with E-state index in [1.165, 1.54) is 39.3 Å². The highest BCUT2D eigenvalue weighted by Gasteiger charge is 2.41. The van der Waals surface area contributed by atoms with E-state index in [9.17, 15) is 0 Å². The summed E-state index contributed by atoms with van der Waals surface area (Å²) in [6, 6.07) is 23.0. The van der Waals surface area contributed by atoms with Crippen molar-refractivity contribution in [3.8, 4) is 11.4 Å². The molecule has 2 aromatic carbocycles. The second kappa shape index (κ2) is 9.78. The molecule has 2 aromatic heterocycles. The molecule has 5 nitrogen and oxygen atoms in total. The molecule has 2 atom stereocenters. The summed E-state index contributed by atoms with van der Waals surface area (Å²) >= 11 is 5.91. The van der Waals surface area contributed by atoms with E-state index in [-0.39, 0.29) is 12.1 Å². The van der Waals surface area contributed by atoms with E-state index < -0.39 is 0 Å². The highest BCUT2D eigenvalue weighted by atomic mass is 32.1. The molecular weight excluding hydrogens is 464 g/mol. The van der Waals surface area contributed by atoms with E-state index in [4.69, 9.17) is 21.9 Å². The third kappa shape index (κ3) is 4.26. The summed E-state index contributed by atoms with van der Waals surface area (Å²) in [4.78, 5) is 7.00. The molecule has 0 bridgehead atoms. The van der Waals surface area contributed by atoms with Crippen molar-refractivity contribution in [1.29, 1.82) is 0 Å². The fourth-order valence-electron chi connectivity index (χ4n) is 5.28. The first-order valence-electron chi connectivity index (χ1n) is 12.3. The van der Waals surface area contributed by atoms with Gasteiger partial charge in [-0.05, 0) is 98.6 Å². The zero-order chi connectivity index (χ0) is 25.4. The number of pyridine rings is 1. The quantitative estimate of drug-likeness (QED) is 0.318. The lowest BCUT2D eigenvalue weighted by molar-refractivity contribution is 0.310. The molecular formula is C30H32N4OS. The molecule has 1 aliphatic heterocycles. The van der Waals surface area contributed by atoms with Crippen molar-refractivity contribution in [2.45, 2.75) is 46.3 Å². The molecule has 0 amide bonds. The van der Waals surface area contributed by atoms with E-state index in [2.05, 4.69) is 84.9 Å². The number of ether oxygens (including phenoxy) is 1. The lowest BCUT2D eigenvalue weighted by atomic mass is 9.96. The van der Waals surface area contributed by atoms with Crippen LogP contribution in [0.5, 0.6) is 5.75 Å². The lowest BCUT2D eigenvalue weighted by Gasteiger charge is -2.28. The van der Waals surface area contributed by atoms with Crippen molar-refractivity contribution in [3.63, 3.8) is 0 Å². The highest BCUT2D eigenvalue weighted by Crippen LogP contribution is 2.42. The van der Waals surface area contributed by atoms with Gasteiger partial charge < -0.3 is 19.5 Å². The van der Waals surface area contributed by atoms with E-state index in [1.807, 2.05) is 30.5 Å². The number of hydrogen-bond acceptors (Lipinski definition) is 3. The molecule has 0 saturated carbocycles. The largest absolute Gasteiger partial charge is 0.497 e. The number of methoxy groups -OCH3 is 1. The van der Waals surface area contributed by atoms with Gasteiger partial charge in [-0.2, -0.15) is 0 Å². The Kier molecular flexibility index (Phi) is 6.54. The van der Waals surface area contributed by atoms with Gasteiger partial charge in [0.05, 0.1) is 24.9 Å². The maximum Gasteiger partial charge on any atom is 0.170 e. The van der Waals surface area contributed by atoms with Gasteiger partial charge in [0, 0.05) is 29.8 Å². The third-order valence-electron chi connectivity index (χ3n) is 7.32. The Labute approximate surface area is 218 Å². The van der Waals surface area contributed by atoms with Crippen molar-refractivity contribution in [3.05, 3.63) is 112 Å². The van der Waals surface area contributed by atoms with Gasteiger partial charge in [-0.25, -0.2) is 0 Å². The summed E-state index contributed by atoms with van der Waals surface area (Å²) in [5.74, 6) is 0.848. The summed E-state index contributed by atoms with van der Waals surface area (Å²) in [6.45, 7) is 9.45. The molecule has 5 rings (SSSR count). The number of hydrogen-bond donors (Lipinski definition) is 1. The van der Waals surface area contributed by atoms with Gasteiger partial charge in [0.25, 0.3) is 0 Å². The number of rotatable bonds is 6. The number of aromatic nitrogens is 2. The topological polar surface area (TPSA) is 42.3 Å². The van der Waals surface area contributed by atoms with Gasteiger partial charge >= 0.3 is 0 Å². The molecule has 0 aliphatic carbocycles. The molecule has 184 valence electrons. The number of thiocarbonyl (C=S) groups is 1. The minimum absolute atomic E-state index is 0.000401. The van der Waals surface area contributed by atoms with Crippen LogP contribution < -0.4 is 10.1 Å². The van der Waals surface area contributed by atoms with Gasteiger partial charge in [-0.15, -0.1) is 0 Å². The highest BCUT2D eigenvalue weighted by molar-refractivity contribution is 7.80. The Balaban J connectivity index is 1.61. The monoisotopic (exact) mass is 496 g/mol. The van der Waals surface area contributed by atoms with Gasteiger partial charge in [0.15, 0.2) is 5.11 Å². The SMILES string of the molecule is COc1ccc(CN2C(=S)N[C@H](c3ccccn3)[C@H]2c2cc(C)n(-c3cccc(C)c3C)c2C)cc1. The lowest BCUT2D eigenvalue weighted by Crippen LogP contribution is -2.29. The fraction of sp³-hybridized carbons (Fsp3) is 0.267. The Morgan fingerprint density at radius 3 is 2.44 bits per heavy atom. The molecule has 0 spiro atoms.